The van der Waals surface area contributed by atoms with Gasteiger partial charge in [-0.15, -0.1) is 11.3 Å². The second kappa shape index (κ2) is 6.77. The zero-order valence-corrected chi connectivity index (χ0v) is 15.3. The van der Waals surface area contributed by atoms with E-state index in [1.165, 1.54) is 11.3 Å². The summed E-state index contributed by atoms with van der Waals surface area (Å²) in [5.41, 5.74) is 2.10. The lowest BCUT2D eigenvalue weighted by molar-refractivity contribution is 0.415. The van der Waals surface area contributed by atoms with Gasteiger partial charge < -0.3 is 9.84 Å². The summed E-state index contributed by atoms with van der Waals surface area (Å²) in [4.78, 5) is 9.24. The third-order valence-electron chi connectivity index (χ3n) is 4.53. The lowest BCUT2D eigenvalue weighted by Gasteiger charge is -2.11. The van der Waals surface area contributed by atoms with Crippen molar-refractivity contribution in [2.24, 2.45) is 0 Å². The summed E-state index contributed by atoms with van der Waals surface area (Å²) in [6, 6.07) is 16.2. The van der Waals surface area contributed by atoms with Crippen molar-refractivity contribution >= 4 is 22.1 Å². The van der Waals surface area contributed by atoms with Crippen LogP contribution in [0.3, 0.4) is 0 Å². The first-order valence-corrected chi connectivity index (χ1v) is 9.15. The van der Waals surface area contributed by atoms with Gasteiger partial charge in [-0.25, -0.2) is 4.98 Å². The van der Waals surface area contributed by atoms with Crippen LogP contribution in [0.2, 0.25) is 0 Å². The van der Waals surface area contributed by atoms with Crippen molar-refractivity contribution in [3.63, 3.8) is 0 Å². The van der Waals surface area contributed by atoms with E-state index in [1.54, 1.807) is 19.5 Å². The highest BCUT2D eigenvalue weighted by Crippen LogP contribution is 2.39. The minimum Gasteiger partial charge on any atom is -0.497 e. The van der Waals surface area contributed by atoms with E-state index >= 15 is 0 Å². The number of pyridine rings is 1. The Bertz CT molecular complexity index is 1060. The molecule has 130 valence electrons. The lowest BCUT2D eigenvalue weighted by atomic mass is 9.96. The summed E-state index contributed by atoms with van der Waals surface area (Å²) < 4.78 is 5.29. The third kappa shape index (κ3) is 3.02. The van der Waals surface area contributed by atoms with Crippen LogP contribution in [-0.2, 0) is 0 Å². The fourth-order valence-corrected chi connectivity index (χ4v) is 4.06. The number of methoxy groups -OCH3 is 1. The Balaban J connectivity index is 1.70. The topological polar surface area (TPSA) is 55.2 Å². The SMILES string of the molecule is COc1ccc2cc(C(C)c3sc(-c4ccncc4)nc3O)ccc2c1. The first kappa shape index (κ1) is 16.5. The first-order valence-electron chi connectivity index (χ1n) is 8.33. The van der Waals surface area contributed by atoms with Crippen LogP contribution in [-0.4, -0.2) is 22.2 Å². The molecule has 4 rings (SSSR count). The largest absolute Gasteiger partial charge is 0.497 e. The van der Waals surface area contributed by atoms with E-state index in [0.717, 1.165) is 37.5 Å². The molecule has 2 aromatic carbocycles. The molecule has 0 radical (unpaired) electrons. The second-order valence-corrected chi connectivity index (χ2v) is 7.17. The van der Waals surface area contributed by atoms with Crippen molar-refractivity contribution in [1.29, 1.82) is 0 Å². The molecule has 0 bridgehead atoms. The first-order chi connectivity index (χ1) is 12.7. The molecule has 26 heavy (non-hydrogen) atoms. The van der Waals surface area contributed by atoms with Gasteiger partial charge in [-0.1, -0.05) is 31.2 Å². The van der Waals surface area contributed by atoms with Crippen LogP contribution in [0, 0.1) is 0 Å². The molecule has 0 aliphatic heterocycles. The quantitative estimate of drug-likeness (QED) is 0.540. The maximum atomic E-state index is 10.4. The van der Waals surface area contributed by atoms with Gasteiger partial charge in [-0.3, -0.25) is 4.98 Å². The Kier molecular flexibility index (Phi) is 4.31. The van der Waals surface area contributed by atoms with Crippen molar-refractivity contribution in [3.8, 4) is 22.2 Å². The number of nitrogens with zero attached hydrogens (tertiary/aromatic N) is 2. The predicted molar refractivity (Wildman–Crippen MR) is 105 cm³/mol. The van der Waals surface area contributed by atoms with Gasteiger partial charge in [-0.05, 0) is 40.6 Å². The lowest BCUT2D eigenvalue weighted by Crippen LogP contribution is -1.94. The Morgan fingerprint density at radius 2 is 1.73 bits per heavy atom. The van der Waals surface area contributed by atoms with E-state index in [0.29, 0.717) is 0 Å². The van der Waals surface area contributed by atoms with Gasteiger partial charge in [0.15, 0.2) is 0 Å². The minimum atomic E-state index is 0.0505. The number of benzene rings is 2. The standard InChI is InChI=1S/C21H18N2O2S/c1-13(15-3-4-17-12-18(25-2)6-5-16(17)11-15)19-20(24)23-21(26-19)14-7-9-22-10-8-14/h3-13,24H,1-2H3. The highest BCUT2D eigenvalue weighted by molar-refractivity contribution is 7.15. The molecule has 0 aliphatic carbocycles. The molecule has 1 N–H and O–H groups in total. The highest BCUT2D eigenvalue weighted by atomic mass is 32.1. The molecule has 0 saturated heterocycles. The normalized spacial score (nSPS) is 12.2. The molecule has 1 unspecified atom stereocenters. The van der Waals surface area contributed by atoms with Gasteiger partial charge in [0.1, 0.15) is 10.8 Å². The molecule has 0 spiro atoms. The van der Waals surface area contributed by atoms with Gasteiger partial charge >= 0.3 is 0 Å². The molecule has 1 atom stereocenters. The van der Waals surface area contributed by atoms with Gasteiger partial charge in [0.05, 0.1) is 12.0 Å². The van der Waals surface area contributed by atoms with Gasteiger partial charge in [0.25, 0.3) is 0 Å². The number of aromatic hydroxyl groups is 1. The zero-order chi connectivity index (χ0) is 18.1. The Morgan fingerprint density at radius 1 is 1.00 bits per heavy atom. The number of fused-ring (bicyclic) bond motifs is 1. The fraction of sp³-hybridized carbons (Fsp3) is 0.143. The predicted octanol–water partition coefficient (Wildman–Crippen LogP) is 5.22. The van der Waals surface area contributed by atoms with Crippen molar-refractivity contribution in [2.75, 3.05) is 7.11 Å². The molecule has 2 aromatic heterocycles. The molecule has 5 heteroatoms. The fourth-order valence-electron chi connectivity index (χ4n) is 3.01. The van der Waals surface area contributed by atoms with Crippen LogP contribution in [0.4, 0.5) is 0 Å². The summed E-state index contributed by atoms with van der Waals surface area (Å²) in [7, 11) is 1.67. The average molecular weight is 362 g/mol. The van der Waals surface area contributed by atoms with Crippen LogP contribution >= 0.6 is 11.3 Å². The monoisotopic (exact) mass is 362 g/mol. The Labute approximate surface area is 155 Å². The number of hydrogen-bond donors (Lipinski definition) is 1. The smallest absolute Gasteiger partial charge is 0.226 e. The van der Waals surface area contributed by atoms with Crippen LogP contribution in [0.25, 0.3) is 21.3 Å². The van der Waals surface area contributed by atoms with E-state index in [2.05, 4.69) is 41.2 Å². The molecule has 4 aromatic rings. The van der Waals surface area contributed by atoms with Gasteiger partial charge in [0.2, 0.25) is 5.88 Å². The zero-order valence-electron chi connectivity index (χ0n) is 14.5. The van der Waals surface area contributed by atoms with Crippen LogP contribution in [0.15, 0.2) is 60.9 Å². The Hall–Kier alpha value is -2.92. The number of thiazole rings is 1. The maximum Gasteiger partial charge on any atom is 0.226 e. The number of hydrogen-bond acceptors (Lipinski definition) is 5. The van der Waals surface area contributed by atoms with E-state index < -0.39 is 0 Å². The summed E-state index contributed by atoms with van der Waals surface area (Å²) in [6.45, 7) is 2.09. The van der Waals surface area contributed by atoms with Gasteiger partial charge in [-0.2, -0.15) is 0 Å². The van der Waals surface area contributed by atoms with Crippen molar-refractivity contribution in [3.05, 3.63) is 71.4 Å². The molecule has 0 amide bonds. The summed E-state index contributed by atoms with van der Waals surface area (Å²) >= 11 is 1.52. The van der Waals surface area contributed by atoms with E-state index in [-0.39, 0.29) is 11.8 Å². The second-order valence-electron chi connectivity index (χ2n) is 6.14. The summed E-state index contributed by atoms with van der Waals surface area (Å²) in [5, 5.41) is 13.5. The number of rotatable bonds is 4. The number of ether oxygens (including phenoxy) is 1. The van der Waals surface area contributed by atoms with Gasteiger partial charge in [0, 0.05) is 23.9 Å². The van der Waals surface area contributed by atoms with E-state index in [1.807, 2.05) is 24.3 Å². The van der Waals surface area contributed by atoms with Crippen LogP contribution < -0.4 is 4.74 Å². The minimum absolute atomic E-state index is 0.0505. The molecular formula is C21H18N2O2S. The molecule has 0 aliphatic rings. The van der Waals surface area contributed by atoms with E-state index in [4.69, 9.17) is 4.74 Å². The molecular weight excluding hydrogens is 344 g/mol. The van der Waals surface area contributed by atoms with Crippen LogP contribution in [0.1, 0.15) is 23.3 Å². The third-order valence-corrected chi connectivity index (χ3v) is 5.80. The van der Waals surface area contributed by atoms with Crippen molar-refractivity contribution in [2.45, 2.75) is 12.8 Å². The molecule has 0 fully saturated rings. The number of aromatic nitrogens is 2. The van der Waals surface area contributed by atoms with E-state index in [9.17, 15) is 5.11 Å². The summed E-state index contributed by atoms with van der Waals surface area (Å²) in [6.07, 6.45) is 3.46. The van der Waals surface area contributed by atoms with Crippen LogP contribution in [0.5, 0.6) is 11.6 Å². The van der Waals surface area contributed by atoms with Crippen molar-refractivity contribution < 1.29 is 9.84 Å². The highest BCUT2D eigenvalue weighted by Gasteiger charge is 2.19. The maximum absolute atomic E-state index is 10.4. The Morgan fingerprint density at radius 3 is 2.50 bits per heavy atom. The summed E-state index contributed by atoms with van der Waals surface area (Å²) in [5.74, 6) is 0.999. The average Bonchev–Trinajstić information content (AvgIpc) is 3.09. The molecule has 2 heterocycles. The molecule has 4 nitrogen and oxygen atoms in total. The van der Waals surface area contributed by atoms with Crippen molar-refractivity contribution in [1.82, 2.24) is 9.97 Å². The molecule has 0 saturated carbocycles.